The second-order valence-corrected chi connectivity index (χ2v) is 4.53. The van der Waals surface area contributed by atoms with Gasteiger partial charge in [-0.25, -0.2) is 0 Å². The van der Waals surface area contributed by atoms with Crippen LogP contribution in [0.1, 0.15) is 27.7 Å². The molecule has 1 N–H and O–H groups in total. The highest BCUT2D eigenvalue weighted by Gasteiger charge is 2.31. The number of ether oxygens (including phenoxy) is 1. The van der Waals surface area contributed by atoms with Crippen LogP contribution < -0.4 is 4.74 Å². The van der Waals surface area contributed by atoms with Gasteiger partial charge in [0.2, 0.25) is 0 Å². The molecule has 3 heteroatoms. The molecular formula is C11H13ClO2. The fraction of sp³-hybridized carbons (Fsp3) is 0.455. The van der Waals surface area contributed by atoms with Gasteiger partial charge in [-0.2, -0.15) is 0 Å². The van der Waals surface area contributed by atoms with E-state index in [1.165, 1.54) is 6.07 Å². The van der Waals surface area contributed by atoms with Crippen molar-refractivity contribution in [1.82, 2.24) is 0 Å². The molecule has 76 valence electrons. The van der Waals surface area contributed by atoms with Gasteiger partial charge < -0.3 is 9.84 Å². The molecule has 0 bridgehead atoms. The predicted molar refractivity (Wildman–Crippen MR) is 55.8 cm³/mol. The third kappa shape index (κ3) is 1.60. The number of benzene rings is 1. The molecule has 2 nitrogen and oxygen atoms in total. The van der Waals surface area contributed by atoms with Crippen molar-refractivity contribution in [3.63, 3.8) is 0 Å². The minimum Gasteiger partial charge on any atom is -0.487 e. The number of hydrogen-bond donors (Lipinski definition) is 1. The SMILES string of the molecule is [2H]C([2H])(O)c1cc(Cl)cc2c1OC(C)(C)C2. The summed E-state index contributed by atoms with van der Waals surface area (Å²) < 4.78 is 20.4. The van der Waals surface area contributed by atoms with Crippen molar-refractivity contribution in [1.29, 1.82) is 0 Å². The minimum absolute atomic E-state index is 0.0978. The Kier molecular flexibility index (Phi) is 1.69. The summed E-state index contributed by atoms with van der Waals surface area (Å²) in [6, 6.07) is 3.16. The third-order valence-electron chi connectivity index (χ3n) is 2.25. The van der Waals surface area contributed by atoms with Gasteiger partial charge in [-0.3, -0.25) is 0 Å². The lowest BCUT2D eigenvalue weighted by atomic mass is 10.0. The van der Waals surface area contributed by atoms with E-state index in [9.17, 15) is 5.11 Å². The number of aliphatic hydroxyl groups is 1. The highest BCUT2D eigenvalue weighted by atomic mass is 35.5. The molecule has 0 atom stereocenters. The summed E-state index contributed by atoms with van der Waals surface area (Å²) in [5.41, 5.74) is 0.554. The molecule has 0 aliphatic carbocycles. The van der Waals surface area contributed by atoms with Crippen molar-refractivity contribution in [3.8, 4) is 5.75 Å². The van der Waals surface area contributed by atoms with E-state index < -0.39 is 6.56 Å². The highest BCUT2D eigenvalue weighted by Crippen LogP contribution is 2.39. The number of rotatable bonds is 1. The average Bonchev–Trinajstić information content (AvgIpc) is 2.35. The van der Waals surface area contributed by atoms with E-state index in [2.05, 4.69) is 0 Å². The van der Waals surface area contributed by atoms with Crippen molar-refractivity contribution < 1.29 is 12.6 Å². The van der Waals surface area contributed by atoms with Gasteiger partial charge in [0.25, 0.3) is 0 Å². The van der Waals surface area contributed by atoms with Crippen LogP contribution in [-0.2, 0) is 13.0 Å². The fourth-order valence-corrected chi connectivity index (χ4v) is 2.00. The first-order valence-electron chi connectivity index (χ1n) is 5.43. The molecule has 0 spiro atoms. The van der Waals surface area contributed by atoms with E-state index in [1.807, 2.05) is 13.8 Å². The summed E-state index contributed by atoms with van der Waals surface area (Å²) in [4.78, 5) is 0. The summed E-state index contributed by atoms with van der Waals surface area (Å²) in [5, 5.41) is 9.85. The number of hydrogen-bond acceptors (Lipinski definition) is 2. The Hall–Kier alpha value is -0.730. The Morgan fingerprint density at radius 1 is 1.64 bits per heavy atom. The van der Waals surface area contributed by atoms with Gasteiger partial charge in [-0.15, -0.1) is 0 Å². The van der Waals surface area contributed by atoms with Gasteiger partial charge >= 0.3 is 0 Å². The lowest BCUT2D eigenvalue weighted by Crippen LogP contribution is -2.24. The summed E-state index contributed by atoms with van der Waals surface area (Å²) in [6.45, 7) is 1.39. The van der Waals surface area contributed by atoms with Gasteiger partial charge in [0.1, 0.15) is 11.4 Å². The lowest BCUT2D eigenvalue weighted by Gasteiger charge is -2.17. The van der Waals surface area contributed by atoms with E-state index in [4.69, 9.17) is 19.1 Å². The van der Waals surface area contributed by atoms with Crippen molar-refractivity contribution in [2.24, 2.45) is 0 Å². The molecule has 1 aromatic rings. The van der Waals surface area contributed by atoms with Crippen LogP contribution in [0.25, 0.3) is 0 Å². The average molecular weight is 215 g/mol. The van der Waals surface area contributed by atoms with Crippen LogP contribution >= 0.6 is 11.6 Å². The first-order chi connectivity index (χ1) is 7.19. The molecule has 1 heterocycles. The smallest absolute Gasteiger partial charge is 0.129 e. The largest absolute Gasteiger partial charge is 0.487 e. The van der Waals surface area contributed by atoms with Crippen molar-refractivity contribution >= 4 is 11.6 Å². The van der Waals surface area contributed by atoms with Crippen LogP contribution in [0.4, 0.5) is 0 Å². The molecule has 0 aromatic heterocycles. The highest BCUT2D eigenvalue weighted by molar-refractivity contribution is 6.30. The van der Waals surface area contributed by atoms with Crippen LogP contribution in [0.2, 0.25) is 5.02 Å². The molecule has 0 saturated heterocycles. The van der Waals surface area contributed by atoms with E-state index in [-0.39, 0.29) is 11.2 Å². The van der Waals surface area contributed by atoms with E-state index in [0.29, 0.717) is 17.2 Å². The monoisotopic (exact) mass is 214 g/mol. The maximum absolute atomic E-state index is 9.44. The topological polar surface area (TPSA) is 29.5 Å². The van der Waals surface area contributed by atoms with Gasteiger partial charge in [-0.1, -0.05) is 11.6 Å². The molecule has 1 aliphatic heterocycles. The molecule has 14 heavy (non-hydrogen) atoms. The van der Waals surface area contributed by atoms with Crippen molar-refractivity contribution in [3.05, 3.63) is 28.3 Å². The molecule has 1 aromatic carbocycles. The second-order valence-electron chi connectivity index (χ2n) is 4.09. The van der Waals surface area contributed by atoms with Crippen LogP contribution in [0.5, 0.6) is 5.75 Å². The van der Waals surface area contributed by atoms with Gasteiger partial charge in [-0.05, 0) is 31.5 Å². The molecule has 1 aliphatic rings. The zero-order chi connectivity index (χ0) is 12.1. The van der Waals surface area contributed by atoms with Gasteiger partial charge in [0.15, 0.2) is 0 Å². The summed E-state index contributed by atoms with van der Waals surface area (Å²) in [6.07, 6.45) is 0.659. The number of fused-ring (bicyclic) bond motifs is 1. The van der Waals surface area contributed by atoms with E-state index in [0.717, 1.165) is 5.56 Å². The normalized spacial score (nSPS) is 20.9. The lowest BCUT2D eigenvalue weighted by molar-refractivity contribution is 0.134. The zero-order valence-electron chi connectivity index (χ0n) is 10.1. The maximum atomic E-state index is 9.44. The Balaban J connectivity index is 2.58. The van der Waals surface area contributed by atoms with Crippen LogP contribution in [-0.4, -0.2) is 10.7 Å². The van der Waals surface area contributed by atoms with Crippen molar-refractivity contribution in [2.75, 3.05) is 0 Å². The Labute approximate surface area is 91.3 Å². The standard InChI is InChI=1S/C11H13ClO2/c1-11(2)5-7-3-9(12)4-8(6-13)10(7)14-11/h3-4,13H,5-6H2,1-2H3/i6D2. The third-order valence-corrected chi connectivity index (χ3v) is 2.46. The van der Waals surface area contributed by atoms with Crippen LogP contribution in [0.3, 0.4) is 0 Å². The maximum Gasteiger partial charge on any atom is 0.129 e. The van der Waals surface area contributed by atoms with Crippen LogP contribution in [0.15, 0.2) is 12.1 Å². The first kappa shape index (κ1) is 7.55. The van der Waals surface area contributed by atoms with E-state index >= 15 is 0 Å². The predicted octanol–water partition coefficient (Wildman–Crippen LogP) is 2.55. The Bertz CT molecular complexity index is 438. The zero-order valence-corrected chi connectivity index (χ0v) is 8.85. The first-order valence-corrected chi connectivity index (χ1v) is 4.81. The molecule has 0 amide bonds. The van der Waals surface area contributed by atoms with Crippen LogP contribution in [0, 0.1) is 0 Å². The fourth-order valence-electron chi connectivity index (χ4n) is 1.76. The molecule has 2 rings (SSSR count). The summed E-state index contributed by atoms with van der Waals surface area (Å²) in [5.74, 6) is 0.418. The summed E-state index contributed by atoms with van der Waals surface area (Å²) >= 11 is 5.89. The molecular weight excluding hydrogens is 200 g/mol. The quantitative estimate of drug-likeness (QED) is 0.779. The van der Waals surface area contributed by atoms with E-state index in [1.54, 1.807) is 6.07 Å². The summed E-state index contributed by atoms with van der Waals surface area (Å²) in [7, 11) is 0. The van der Waals surface area contributed by atoms with Gasteiger partial charge in [0, 0.05) is 17.0 Å². The molecule has 0 radical (unpaired) electrons. The number of halogens is 1. The second kappa shape index (κ2) is 3.14. The molecule has 0 unspecified atom stereocenters. The van der Waals surface area contributed by atoms with Crippen molar-refractivity contribution in [2.45, 2.75) is 32.4 Å². The molecule has 0 fully saturated rings. The Morgan fingerprint density at radius 3 is 3.00 bits per heavy atom. The minimum atomic E-state index is -2.44. The Morgan fingerprint density at radius 2 is 2.36 bits per heavy atom. The van der Waals surface area contributed by atoms with Gasteiger partial charge in [0.05, 0.1) is 9.30 Å². The molecule has 0 saturated carbocycles.